The molecule has 112 valence electrons. The Morgan fingerprint density at radius 1 is 1.30 bits per heavy atom. The van der Waals surface area contributed by atoms with Crippen LogP contribution in [0.1, 0.15) is 5.56 Å². The van der Waals surface area contributed by atoms with Gasteiger partial charge < -0.3 is 10.8 Å². The quantitative estimate of drug-likeness (QED) is 0.694. The van der Waals surface area contributed by atoms with E-state index in [0.29, 0.717) is 11.3 Å². The van der Waals surface area contributed by atoms with Gasteiger partial charge >= 0.3 is 21.5 Å². The highest BCUT2D eigenvalue weighted by atomic mass is 32.2. The van der Waals surface area contributed by atoms with Crippen LogP contribution in [-0.2, 0) is 21.2 Å². The van der Waals surface area contributed by atoms with E-state index >= 15 is 0 Å². The Bertz CT molecular complexity index is 584. The van der Waals surface area contributed by atoms with Crippen molar-refractivity contribution in [2.45, 2.75) is 18.0 Å². The first-order valence-electron chi connectivity index (χ1n) is 5.19. The number of benzene rings is 1. The fraction of sp³-hybridized carbons (Fsp3) is 0.300. The number of sulfonamides is 1. The lowest BCUT2D eigenvalue weighted by Gasteiger charge is -2.16. The number of nitrogens with one attached hydrogen (secondary N) is 1. The third-order valence-corrected chi connectivity index (χ3v) is 3.52. The number of aliphatic carboxylic acids is 1. The van der Waals surface area contributed by atoms with E-state index in [4.69, 9.17) is 10.8 Å². The van der Waals surface area contributed by atoms with Crippen LogP contribution in [0, 0.1) is 0 Å². The minimum atomic E-state index is -5.73. The minimum absolute atomic E-state index is 0.330. The van der Waals surface area contributed by atoms with Gasteiger partial charge in [-0.25, -0.2) is 8.42 Å². The lowest BCUT2D eigenvalue weighted by atomic mass is 10.1. The van der Waals surface area contributed by atoms with Crippen LogP contribution in [0.2, 0.25) is 0 Å². The fourth-order valence-electron chi connectivity index (χ4n) is 1.32. The highest BCUT2D eigenvalue weighted by Crippen LogP contribution is 2.22. The van der Waals surface area contributed by atoms with Gasteiger partial charge in [0, 0.05) is 5.69 Å². The van der Waals surface area contributed by atoms with Gasteiger partial charge in [-0.05, 0) is 24.1 Å². The third-order valence-electron chi connectivity index (χ3n) is 2.32. The maximum Gasteiger partial charge on any atom is 0.511 e. The number of alkyl halides is 3. The van der Waals surface area contributed by atoms with Crippen molar-refractivity contribution in [2.75, 3.05) is 5.73 Å². The van der Waals surface area contributed by atoms with E-state index in [1.165, 1.54) is 24.3 Å². The van der Waals surface area contributed by atoms with Crippen molar-refractivity contribution >= 4 is 21.7 Å². The molecule has 1 atom stereocenters. The van der Waals surface area contributed by atoms with Gasteiger partial charge in [0.25, 0.3) is 0 Å². The van der Waals surface area contributed by atoms with Crippen molar-refractivity contribution in [1.82, 2.24) is 4.72 Å². The highest BCUT2D eigenvalue weighted by Gasteiger charge is 2.47. The molecular formula is C10H11F3N2O4S. The van der Waals surface area contributed by atoms with Gasteiger partial charge in [0.05, 0.1) is 0 Å². The molecule has 0 saturated carbocycles. The van der Waals surface area contributed by atoms with Crippen molar-refractivity contribution in [3.63, 3.8) is 0 Å². The Morgan fingerprint density at radius 2 is 1.80 bits per heavy atom. The van der Waals surface area contributed by atoms with E-state index in [2.05, 4.69) is 0 Å². The van der Waals surface area contributed by atoms with Gasteiger partial charge in [-0.3, -0.25) is 4.79 Å². The number of halogens is 3. The smallest absolute Gasteiger partial charge is 0.480 e. The summed E-state index contributed by atoms with van der Waals surface area (Å²) in [5.41, 5.74) is 0.548. The SMILES string of the molecule is Nc1ccc(C[C@H](NS(=O)(=O)C(F)(F)F)C(=O)O)cc1. The molecule has 0 amide bonds. The van der Waals surface area contributed by atoms with Crippen LogP contribution >= 0.6 is 0 Å². The number of carboxylic acids is 1. The maximum atomic E-state index is 12.2. The summed E-state index contributed by atoms with van der Waals surface area (Å²) in [6.45, 7) is 0. The summed E-state index contributed by atoms with van der Waals surface area (Å²) in [6, 6.07) is 3.71. The minimum Gasteiger partial charge on any atom is -0.480 e. The number of carbonyl (C=O) groups is 1. The molecule has 1 rings (SSSR count). The van der Waals surface area contributed by atoms with Crippen LogP contribution in [0.15, 0.2) is 24.3 Å². The second-order valence-electron chi connectivity index (χ2n) is 3.90. The number of rotatable bonds is 5. The molecule has 0 bridgehead atoms. The topological polar surface area (TPSA) is 109 Å². The molecule has 20 heavy (non-hydrogen) atoms. The molecule has 10 heteroatoms. The first kappa shape index (κ1) is 16.2. The zero-order valence-electron chi connectivity index (χ0n) is 9.89. The number of carboxylic acid groups (broad SMARTS) is 1. The molecule has 0 aliphatic rings. The summed E-state index contributed by atoms with van der Waals surface area (Å²) in [5.74, 6) is -1.71. The molecule has 0 saturated heterocycles. The van der Waals surface area contributed by atoms with Crippen molar-refractivity contribution in [3.05, 3.63) is 29.8 Å². The Morgan fingerprint density at radius 3 is 2.20 bits per heavy atom. The predicted molar refractivity (Wildman–Crippen MR) is 64.1 cm³/mol. The number of hydrogen-bond acceptors (Lipinski definition) is 4. The summed E-state index contributed by atoms with van der Waals surface area (Å²) >= 11 is 0. The number of anilines is 1. The molecule has 0 aliphatic heterocycles. The summed E-state index contributed by atoms with van der Waals surface area (Å²) in [7, 11) is -5.73. The van der Waals surface area contributed by atoms with Crippen molar-refractivity contribution < 1.29 is 31.5 Å². The average molecular weight is 312 g/mol. The van der Waals surface area contributed by atoms with E-state index in [0.717, 1.165) is 4.72 Å². The molecule has 1 aromatic rings. The van der Waals surface area contributed by atoms with Crippen LogP contribution in [0.5, 0.6) is 0 Å². The summed E-state index contributed by atoms with van der Waals surface area (Å²) in [4.78, 5) is 10.9. The summed E-state index contributed by atoms with van der Waals surface area (Å²) in [5, 5.41) is 8.80. The van der Waals surface area contributed by atoms with Crippen LogP contribution in [0.25, 0.3) is 0 Å². The van der Waals surface area contributed by atoms with Gasteiger partial charge in [-0.1, -0.05) is 12.1 Å². The monoisotopic (exact) mass is 312 g/mol. The standard InChI is InChI=1S/C10H11F3N2O4S/c11-10(12,13)20(18,19)15-8(9(16)17)5-6-1-3-7(14)4-2-6/h1-4,8,15H,5,14H2,(H,16,17)/t8-/m0/s1. The molecule has 0 heterocycles. The maximum absolute atomic E-state index is 12.2. The van der Waals surface area contributed by atoms with Crippen LogP contribution in [0.3, 0.4) is 0 Å². The summed E-state index contributed by atoms with van der Waals surface area (Å²) in [6.07, 6.45) is -0.440. The average Bonchev–Trinajstić information content (AvgIpc) is 2.29. The molecule has 0 spiro atoms. The highest BCUT2D eigenvalue weighted by molar-refractivity contribution is 7.90. The van der Waals surface area contributed by atoms with Crippen LogP contribution in [-0.4, -0.2) is 31.0 Å². The third kappa shape index (κ3) is 4.10. The van der Waals surface area contributed by atoms with Crippen molar-refractivity contribution in [2.24, 2.45) is 0 Å². The van der Waals surface area contributed by atoms with Gasteiger partial charge in [0.2, 0.25) is 0 Å². The molecule has 0 aromatic heterocycles. The molecular weight excluding hydrogens is 301 g/mol. The zero-order valence-corrected chi connectivity index (χ0v) is 10.7. The van der Waals surface area contributed by atoms with E-state index in [1.807, 2.05) is 0 Å². The molecule has 1 aromatic carbocycles. The Balaban J connectivity index is 2.92. The number of nitrogens with two attached hydrogens (primary N) is 1. The normalized spacial score (nSPS) is 13.9. The van der Waals surface area contributed by atoms with Crippen molar-refractivity contribution in [1.29, 1.82) is 0 Å². The molecule has 6 nitrogen and oxygen atoms in total. The molecule has 0 fully saturated rings. The molecule has 0 radical (unpaired) electrons. The second-order valence-corrected chi connectivity index (χ2v) is 5.61. The Labute approximate surface area is 112 Å². The van der Waals surface area contributed by atoms with Gasteiger partial charge in [-0.2, -0.15) is 17.9 Å². The van der Waals surface area contributed by atoms with Crippen molar-refractivity contribution in [3.8, 4) is 0 Å². The molecule has 0 aliphatic carbocycles. The van der Waals surface area contributed by atoms with Gasteiger partial charge in [0.1, 0.15) is 6.04 Å². The predicted octanol–water partition coefficient (Wildman–Crippen LogP) is 0.704. The fourth-order valence-corrected chi connectivity index (χ4v) is 2.02. The largest absolute Gasteiger partial charge is 0.511 e. The van der Waals surface area contributed by atoms with Crippen LogP contribution < -0.4 is 10.5 Å². The molecule has 0 unspecified atom stereocenters. The van der Waals surface area contributed by atoms with E-state index in [9.17, 15) is 26.4 Å². The van der Waals surface area contributed by atoms with Gasteiger partial charge in [-0.15, -0.1) is 0 Å². The Kier molecular flexibility index (Phi) is 4.61. The van der Waals surface area contributed by atoms with Crippen LogP contribution in [0.4, 0.5) is 18.9 Å². The van der Waals surface area contributed by atoms with Gasteiger partial charge in [0.15, 0.2) is 0 Å². The molecule has 4 N–H and O–H groups in total. The second kappa shape index (κ2) is 5.67. The lowest BCUT2D eigenvalue weighted by Crippen LogP contribution is -2.47. The lowest BCUT2D eigenvalue weighted by molar-refractivity contribution is -0.139. The first-order chi connectivity index (χ1) is 9.03. The van der Waals surface area contributed by atoms with E-state index in [1.54, 1.807) is 0 Å². The van der Waals surface area contributed by atoms with E-state index in [-0.39, 0.29) is 0 Å². The summed E-state index contributed by atoms with van der Waals surface area (Å²) < 4.78 is 59.5. The Hall–Kier alpha value is -1.81. The first-order valence-corrected chi connectivity index (χ1v) is 6.67. The number of nitrogen functional groups attached to an aromatic ring is 1. The number of hydrogen-bond donors (Lipinski definition) is 3. The van der Waals surface area contributed by atoms with E-state index < -0.39 is 34.0 Å². The zero-order chi connectivity index (χ0) is 15.6.